The SMILES string of the molecule is O=C(CSc1ccc(C(=O)O)o1)Nc1ccc(Br)cc1Br. The zero-order valence-electron chi connectivity index (χ0n) is 10.4. The third-order valence-electron chi connectivity index (χ3n) is 2.34. The van der Waals surface area contributed by atoms with Gasteiger partial charge in [0.15, 0.2) is 5.09 Å². The van der Waals surface area contributed by atoms with Crippen LogP contribution < -0.4 is 5.32 Å². The lowest BCUT2D eigenvalue weighted by molar-refractivity contribution is -0.113. The van der Waals surface area contributed by atoms with Crippen molar-refractivity contribution in [2.45, 2.75) is 5.09 Å². The molecule has 0 atom stereocenters. The van der Waals surface area contributed by atoms with Gasteiger partial charge in [-0.2, -0.15) is 0 Å². The average Bonchev–Trinajstić information content (AvgIpc) is 2.89. The van der Waals surface area contributed by atoms with Gasteiger partial charge in [-0.25, -0.2) is 4.79 Å². The molecule has 0 fully saturated rings. The molecule has 110 valence electrons. The predicted octanol–water partition coefficient (Wildman–Crippen LogP) is 4.23. The van der Waals surface area contributed by atoms with Gasteiger partial charge in [0, 0.05) is 8.95 Å². The summed E-state index contributed by atoms with van der Waals surface area (Å²) in [5.74, 6) is -1.37. The van der Waals surface area contributed by atoms with Gasteiger partial charge in [0.2, 0.25) is 11.7 Å². The Morgan fingerprint density at radius 1 is 1.24 bits per heavy atom. The maximum absolute atomic E-state index is 11.8. The van der Waals surface area contributed by atoms with E-state index in [0.29, 0.717) is 10.8 Å². The zero-order chi connectivity index (χ0) is 15.4. The zero-order valence-corrected chi connectivity index (χ0v) is 14.4. The number of rotatable bonds is 5. The van der Waals surface area contributed by atoms with E-state index in [0.717, 1.165) is 20.7 Å². The Balaban J connectivity index is 1.91. The Labute approximate surface area is 141 Å². The summed E-state index contributed by atoms with van der Waals surface area (Å²) in [4.78, 5) is 22.5. The molecule has 0 spiro atoms. The summed E-state index contributed by atoms with van der Waals surface area (Å²) in [5, 5.41) is 11.9. The van der Waals surface area contributed by atoms with Crippen LogP contribution in [-0.4, -0.2) is 22.7 Å². The molecule has 0 radical (unpaired) electrons. The normalized spacial score (nSPS) is 10.4. The molecule has 2 rings (SSSR count). The number of halogens is 2. The van der Waals surface area contributed by atoms with E-state index in [1.54, 1.807) is 6.07 Å². The molecular formula is C13H9Br2NO4S. The highest BCUT2D eigenvalue weighted by Crippen LogP contribution is 2.27. The first kappa shape index (κ1) is 16.1. The average molecular weight is 435 g/mol. The molecule has 1 aromatic carbocycles. The highest BCUT2D eigenvalue weighted by Gasteiger charge is 2.11. The quantitative estimate of drug-likeness (QED) is 0.688. The van der Waals surface area contributed by atoms with Gasteiger partial charge in [0.25, 0.3) is 0 Å². The molecule has 0 aliphatic rings. The van der Waals surface area contributed by atoms with Crippen molar-refractivity contribution in [1.82, 2.24) is 0 Å². The number of amides is 1. The molecule has 0 unspecified atom stereocenters. The lowest BCUT2D eigenvalue weighted by Crippen LogP contribution is -2.14. The summed E-state index contributed by atoms with van der Waals surface area (Å²) in [5.41, 5.74) is 0.662. The van der Waals surface area contributed by atoms with Gasteiger partial charge < -0.3 is 14.8 Å². The van der Waals surface area contributed by atoms with E-state index in [4.69, 9.17) is 9.52 Å². The fourth-order valence-electron chi connectivity index (χ4n) is 1.43. The van der Waals surface area contributed by atoms with Gasteiger partial charge in [0.05, 0.1) is 11.4 Å². The molecule has 0 aliphatic heterocycles. The van der Waals surface area contributed by atoms with Crippen molar-refractivity contribution in [3.8, 4) is 0 Å². The van der Waals surface area contributed by atoms with Crippen LogP contribution in [-0.2, 0) is 4.79 Å². The van der Waals surface area contributed by atoms with Crippen LogP contribution in [0.5, 0.6) is 0 Å². The van der Waals surface area contributed by atoms with Crippen LogP contribution in [0.3, 0.4) is 0 Å². The summed E-state index contributed by atoms with van der Waals surface area (Å²) in [6.07, 6.45) is 0. The van der Waals surface area contributed by atoms with E-state index in [-0.39, 0.29) is 17.4 Å². The van der Waals surface area contributed by atoms with Gasteiger partial charge >= 0.3 is 5.97 Å². The summed E-state index contributed by atoms with van der Waals surface area (Å²) < 4.78 is 6.72. The minimum atomic E-state index is -1.13. The standard InChI is InChI=1S/C13H9Br2NO4S/c14-7-1-2-9(8(15)5-7)16-11(17)6-21-12-4-3-10(20-12)13(18)19/h1-5H,6H2,(H,16,17)(H,18,19). The number of carboxylic acid groups (broad SMARTS) is 1. The fraction of sp³-hybridized carbons (Fsp3) is 0.0769. The molecule has 1 amide bonds. The Hall–Kier alpha value is -1.25. The van der Waals surface area contributed by atoms with Crippen LogP contribution in [0.25, 0.3) is 0 Å². The molecule has 8 heteroatoms. The number of furan rings is 1. The first-order valence-corrected chi connectivity index (χ1v) is 8.23. The van der Waals surface area contributed by atoms with Crippen LogP contribution in [0.15, 0.2) is 48.8 Å². The van der Waals surface area contributed by atoms with E-state index in [1.807, 2.05) is 12.1 Å². The minimum absolute atomic E-state index is 0.120. The smallest absolute Gasteiger partial charge is 0.371 e. The first-order valence-electron chi connectivity index (χ1n) is 5.66. The summed E-state index contributed by atoms with van der Waals surface area (Å²) in [6.45, 7) is 0. The fourth-order valence-corrected chi connectivity index (χ4v) is 3.23. The number of hydrogen-bond donors (Lipinski definition) is 2. The number of anilines is 1. The molecule has 0 bridgehead atoms. The number of thioether (sulfide) groups is 1. The lowest BCUT2D eigenvalue weighted by atomic mass is 10.3. The van der Waals surface area contributed by atoms with E-state index in [9.17, 15) is 9.59 Å². The molecule has 1 heterocycles. The Kier molecular flexibility index (Phi) is 5.49. The second-order valence-corrected chi connectivity index (χ2v) is 6.63. The second-order valence-electron chi connectivity index (χ2n) is 3.88. The Morgan fingerprint density at radius 2 is 2.00 bits per heavy atom. The van der Waals surface area contributed by atoms with Gasteiger partial charge in [-0.3, -0.25) is 4.79 Å². The van der Waals surface area contributed by atoms with E-state index in [2.05, 4.69) is 37.2 Å². The van der Waals surface area contributed by atoms with Crippen molar-refractivity contribution in [2.75, 3.05) is 11.1 Å². The number of aromatic carboxylic acids is 1. The van der Waals surface area contributed by atoms with Gasteiger partial charge in [0.1, 0.15) is 0 Å². The van der Waals surface area contributed by atoms with Crippen LogP contribution in [0.1, 0.15) is 10.6 Å². The van der Waals surface area contributed by atoms with E-state index < -0.39 is 5.97 Å². The van der Waals surface area contributed by atoms with Crippen molar-refractivity contribution in [3.05, 3.63) is 45.0 Å². The monoisotopic (exact) mass is 433 g/mol. The highest BCUT2D eigenvalue weighted by molar-refractivity contribution is 9.11. The number of nitrogens with one attached hydrogen (secondary N) is 1. The highest BCUT2D eigenvalue weighted by atomic mass is 79.9. The van der Waals surface area contributed by atoms with Gasteiger partial charge in [-0.15, -0.1) is 0 Å². The number of carbonyl (C=O) groups excluding carboxylic acids is 1. The van der Waals surface area contributed by atoms with Crippen LogP contribution in [0.2, 0.25) is 0 Å². The third kappa shape index (κ3) is 4.62. The van der Waals surface area contributed by atoms with Crippen molar-refractivity contribution in [1.29, 1.82) is 0 Å². The molecule has 2 aromatic rings. The molecule has 1 aromatic heterocycles. The van der Waals surface area contributed by atoms with Crippen molar-refractivity contribution < 1.29 is 19.1 Å². The number of benzene rings is 1. The predicted molar refractivity (Wildman–Crippen MR) is 86.9 cm³/mol. The maximum atomic E-state index is 11.8. The van der Waals surface area contributed by atoms with Crippen molar-refractivity contribution in [3.63, 3.8) is 0 Å². The second kappa shape index (κ2) is 7.15. The van der Waals surface area contributed by atoms with Gasteiger partial charge in [-0.05, 0) is 46.3 Å². The molecule has 0 saturated heterocycles. The number of hydrogen-bond acceptors (Lipinski definition) is 4. The third-order valence-corrected chi connectivity index (χ3v) is 4.40. The van der Waals surface area contributed by atoms with Crippen LogP contribution >= 0.6 is 43.6 Å². The largest absolute Gasteiger partial charge is 0.475 e. The van der Waals surface area contributed by atoms with Crippen molar-refractivity contribution >= 4 is 61.2 Å². The summed E-state index contributed by atoms with van der Waals surface area (Å²) >= 11 is 7.81. The van der Waals surface area contributed by atoms with Crippen LogP contribution in [0.4, 0.5) is 5.69 Å². The van der Waals surface area contributed by atoms with E-state index >= 15 is 0 Å². The maximum Gasteiger partial charge on any atom is 0.371 e. The molecule has 5 nitrogen and oxygen atoms in total. The Bertz CT molecular complexity index is 687. The van der Waals surface area contributed by atoms with E-state index in [1.165, 1.54) is 12.1 Å². The lowest BCUT2D eigenvalue weighted by Gasteiger charge is -2.07. The molecule has 0 saturated carbocycles. The minimum Gasteiger partial charge on any atom is -0.475 e. The molecule has 0 aliphatic carbocycles. The molecule has 2 N–H and O–H groups in total. The number of carboxylic acids is 1. The van der Waals surface area contributed by atoms with Gasteiger partial charge in [-0.1, -0.05) is 27.7 Å². The summed E-state index contributed by atoms with van der Waals surface area (Å²) in [7, 11) is 0. The molecule has 21 heavy (non-hydrogen) atoms. The Morgan fingerprint density at radius 3 is 2.62 bits per heavy atom. The van der Waals surface area contributed by atoms with Crippen LogP contribution in [0, 0.1) is 0 Å². The topological polar surface area (TPSA) is 79.5 Å². The summed E-state index contributed by atoms with van der Waals surface area (Å²) in [6, 6.07) is 8.30. The van der Waals surface area contributed by atoms with Crippen molar-refractivity contribution in [2.24, 2.45) is 0 Å². The molecular weight excluding hydrogens is 426 g/mol. The first-order chi connectivity index (χ1) is 9.95. The number of carbonyl (C=O) groups is 2.